The smallest absolute Gasteiger partial charge is 0.254 e. The Hall–Kier alpha value is -4.65. The second-order valence-electron chi connectivity index (χ2n) is 13.3. The lowest BCUT2D eigenvalue weighted by Gasteiger charge is -2.52. The van der Waals surface area contributed by atoms with Gasteiger partial charge in [-0.05, 0) is 64.5 Å². The molecule has 0 N–H and O–H groups in total. The van der Waals surface area contributed by atoms with Gasteiger partial charge in [0.1, 0.15) is 0 Å². The van der Waals surface area contributed by atoms with Crippen molar-refractivity contribution in [2.45, 2.75) is 17.8 Å². The zero-order chi connectivity index (χ0) is 28.8. The minimum atomic E-state index is -1.13. The van der Waals surface area contributed by atoms with Crippen molar-refractivity contribution >= 4 is 35.5 Å². The highest BCUT2D eigenvalue weighted by Gasteiger charge is 2.69. The van der Waals surface area contributed by atoms with Gasteiger partial charge in [-0.2, -0.15) is 10.1 Å². The van der Waals surface area contributed by atoms with Crippen molar-refractivity contribution in [1.29, 1.82) is 0 Å². The molecule has 2 aliphatic heterocycles. The molecule has 7 aliphatic carbocycles. The number of para-hydroxylation sites is 1. The van der Waals surface area contributed by atoms with Gasteiger partial charge in [-0.25, -0.2) is 4.90 Å². The Kier molecular flexibility index (Phi) is 4.35. The molecule has 0 radical (unpaired) electrons. The molecule has 3 aromatic rings. The van der Waals surface area contributed by atoms with Crippen molar-refractivity contribution in [2.75, 3.05) is 4.90 Å². The molecule has 12 rings (SSSR count). The van der Waals surface area contributed by atoms with Crippen LogP contribution in [0.2, 0.25) is 0 Å². The molecule has 9 aliphatic rings. The number of rotatable bonds is 3. The fraction of sp³-hybridized carbons (Fsp3) is 0.306. The maximum absolute atomic E-state index is 14.5. The van der Waals surface area contributed by atoms with Gasteiger partial charge in [-0.1, -0.05) is 78.9 Å². The maximum atomic E-state index is 14.5. The predicted octanol–water partition coefficient (Wildman–Crippen LogP) is 4.28. The van der Waals surface area contributed by atoms with E-state index in [1.165, 1.54) is 4.90 Å². The number of hydrogen-bond acceptors (Lipinski definition) is 5. The molecule has 7 nitrogen and oxygen atoms in total. The molecule has 2 saturated carbocycles. The fourth-order valence-corrected chi connectivity index (χ4v) is 10.1. The van der Waals surface area contributed by atoms with Crippen LogP contribution in [0.4, 0.5) is 5.69 Å². The minimum absolute atomic E-state index is 0.0965. The van der Waals surface area contributed by atoms with E-state index in [1.807, 2.05) is 66.7 Å². The first kappa shape index (κ1) is 23.9. The lowest BCUT2D eigenvalue weighted by atomic mass is 9.47. The Morgan fingerprint density at radius 1 is 0.651 bits per heavy atom. The van der Waals surface area contributed by atoms with Gasteiger partial charge in [0.25, 0.3) is 11.8 Å². The van der Waals surface area contributed by atoms with Crippen LogP contribution in [0.1, 0.15) is 34.6 Å². The van der Waals surface area contributed by atoms with E-state index in [-0.39, 0.29) is 53.2 Å². The highest BCUT2D eigenvalue weighted by Crippen LogP contribution is 2.66. The number of benzene rings is 3. The van der Waals surface area contributed by atoms with E-state index in [0.717, 1.165) is 33.7 Å². The van der Waals surface area contributed by atoms with E-state index >= 15 is 0 Å². The summed E-state index contributed by atoms with van der Waals surface area (Å²) in [6.45, 7) is 0. The van der Waals surface area contributed by atoms with E-state index in [2.05, 4.69) is 12.2 Å². The number of carbonyl (C=O) groups excluding carboxylic acids is 4. The Labute approximate surface area is 247 Å². The van der Waals surface area contributed by atoms with E-state index in [1.54, 1.807) is 18.3 Å². The fourth-order valence-electron chi connectivity index (χ4n) is 10.1. The third kappa shape index (κ3) is 2.66. The molecule has 8 atom stereocenters. The number of hydrazone groups is 1. The molecule has 0 aromatic heterocycles. The van der Waals surface area contributed by atoms with Crippen LogP contribution in [0, 0.1) is 47.3 Å². The summed E-state index contributed by atoms with van der Waals surface area (Å²) in [7, 11) is 0. The normalized spacial score (nSPS) is 38.8. The number of hydrogen-bond donors (Lipinski definition) is 0. The van der Waals surface area contributed by atoms with Gasteiger partial charge in [0.15, 0.2) is 0 Å². The first-order valence-electron chi connectivity index (χ1n) is 15.3. The number of imide groups is 2. The van der Waals surface area contributed by atoms with Crippen LogP contribution >= 0.6 is 0 Å². The summed E-state index contributed by atoms with van der Waals surface area (Å²) < 4.78 is 0. The van der Waals surface area contributed by atoms with Crippen LogP contribution in [0.5, 0.6) is 0 Å². The third-order valence-electron chi connectivity index (χ3n) is 11.7. The molecular formula is C36H27N3O4. The van der Waals surface area contributed by atoms with Crippen LogP contribution < -0.4 is 4.90 Å². The summed E-state index contributed by atoms with van der Waals surface area (Å²) >= 11 is 0. The number of allylic oxidation sites excluding steroid dienone is 2. The van der Waals surface area contributed by atoms with E-state index in [0.29, 0.717) is 17.5 Å². The second kappa shape index (κ2) is 7.84. The molecule has 4 amide bonds. The summed E-state index contributed by atoms with van der Waals surface area (Å²) in [5, 5.41) is 5.85. The zero-order valence-electron chi connectivity index (χ0n) is 23.1. The Bertz CT molecular complexity index is 1800. The largest absolute Gasteiger partial charge is 0.274 e. The number of amides is 4. The molecule has 0 spiro atoms. The Morgan fingerprint density at radius 3 is 1.81 bits per heavy atom. The van der Waals surface area contributed by atoms with Gasteiger partial charge in [-0.15, -0.1) is 0 Å². The zero-order valence-corrected chi connectivity index (χ0v) is 23.1. The highest BCUT2D eigenvalue weighted by atomic mass is 16.2. The monoisotopic (exact) mass is 565 g/mol. The molecule has 210 valence electrons. The van der Waals surface area contributed by atoms with E-state index in [9.17, 15) is 19.2 Å². The summed E-state index contributed by atoms with van der Waals surface area (Å²) in [6, 6.07) is 25.0. The Morgan fingerprint density at radius 2 is 1.21 bits per heavy atom. The van der Waals surface area contributed by atoms with E-state index < -0.39 is 17.3 Å². The first-order chi connectivity index (χ1) is 21.0. The average molecular weight is 566 g/mol. The predicted molar refractivity (Wildman–Crippen MR) is 156 cm³/mol. The molecule has 0 unspecified atom stereocenters. The van der Waals surface area contributed by atoms with Crippen molar-refractivity contribution in [3.05, 3.63) is 113 Å². The van der Waals surface area contributed by atoms with Crippen molar-refractivity contribution < 1.29 is 19.2 Å². The lowest BCUT2D eigenvalue weighted by Crippen LogP contribution is -2.55. The van der Waals surface area contributed by atoms with Gasteiger partial charge < -0.3 is 0 Å². The van der Waals surface area contributed by atoms with Crippen LogP contribution in [-0.2, 0) is 24.6 Å². The number of nitrogens with zero attached hydrogens (tertiary/aromatic N) is 3. The molecule has 4 bridgehead atoms. The molecule has 7 heteroatoms. The number of anilines is 1. The van der Waals surface area contributed by atoms with Crippen molar-refractivity contribution in [3.8, 4) is 0 Å². The van der Waals surface area contributed by atoms with Gasteiger partial charge in [0, 0.05) is 12.1 Å². The van der Waals surface area contributed by atoms with Gasteiger partial charge in [0.05, 0.1) is 34.8 Å². The van der Waals surface area contributed by atoms with Crippen LogP contribution in [0.25, 0.3) is 0 Å². The van der Waals surface area contributed by atoms with Gasteiger partial charge >= 0.3 is 0 Å². The van der Waals surface area contributed by atoms with Gasteiger partial charge in [-0.3, -0.25) is 19.2 Å². The quantitative estimate of drug-likeness (QED) is 0.270. The molecule has 2 heterocycles. The highest BCUT2D eigenvalue weighted by molar-refractivity contribution is 6.25. The van der Waals surface area contributed by atoms with Crippen molar-refractivity contribution in [3.63, 3.8) is 0 Å². The van der Waals surface area contributed by atoms with Crippen molar-refractivity contribution in [1.82, 2.24) is 5.01 Å². The summed E-state index contributed by atoms with van der Waals surface area (Å²) in [6.07, 6.45) is 7.06. The van der Waals surface area contributed by atoms with Crippen LogP contribution in [0.3, 0.4) is 0 Å². The summed E-state index contributed by atoms with van der Waals surface area (Å²) in [4.78, 5) is 57.9. The van der Waals surface area contributed by atoms with Crippen molar-refractivity contribution in [2.24, 2.45) is 52.4 Å². The molecule has 43 heavy (non-hydrogen) atoms. The number of carbonyl (C=O) groups is 4. The van der Waals surface area contributed by atoms with Crippen LogP contribution in [-0.4, -0.2) is 34.9 Å². The maximum Gasteiger partial charge on any atom is 0.254 e. The Balaban J connectivity index is 1.16. The van der Waals surface area contributed by atoms with Crippen LogP contribution in [0.15, 0.2) is 96.1 Å². The standard InChI is InChI=1S/C36H27N3O4/c40-32-30-27-21-10-4-6-12-25(21)36(26-13-7-5-11-22(26)27,31(30)35(43)38(32)18-8-2-1-3-9-18)17-37-39-33(41)28-19-14-15-20(24-16-23(19)24)29(28)34(39)42/h1-15,17,19-20,23-24,27-31H,16H2/b37-17-/t19-,20-,23-,24+,27?,28-,29+,30+,31+,36?/m0/s1. The molecule has 2 saturated heterocycles. The van der Waals surface area contributed by atoms with E-state index in [4.69, 9.17) is 5.10 Å². The molecule has 4 fully saturated rings. The first-order valence-corrected chi connectivity index (χ1v) is 15.3. The minimum Gasteiger partial charge on any atom is -0.274 e. The summed E-state index contributed by atoms with van der Waals surface area (Å²) in [5.41, 5.74) is 3.19. The topological polar surface area (TPSA) is 87.1 Å². The summed E-state index contributed by atoms with van der Waals surface area (Å²) in [5.74, 6) is -2.22. The SMILES string of the molecule is O=C1[C@@H]2[C@H]3C=C[C@@H]([C@@H]4C[C@H]34)[C@@H]2C(=O)N1/N=C\C12c3ccccc3C(c3ccccc31)[C@H]1C(=O)N(c3ccccc3)C(=O)[C@@H]12. The van der Waals surface area contributed by atoms with Gasteiger partial charge in [0.2, 0.25) is 11.8 Å². The lowest BCUT2D eigenvalue weighted by molar-refractivity contribution is -0.140. The molecular weight excluding hydrogens is 538 g/mol. The average Bonchev–Trinajstić information content (AvgIpc) is 3.78. The second-order valence-corrected chi connectivity index (χ2v) is 13.3. The molecule has 3 aromatic carbocycles. The third-order valence-corrected chi connectivity index (χ3v) is 11.7.